The molecule has 0 saturated carbocycles. The van der Waals surface area contributed by atoms with Gasteiger partial charge < -0.3 is 23.8 Å². The molecule has 0 spiro atoms. The van der Waals surface area contributed by atoms with E-state index < -0.39 is 11.4 Å². The summed E-state index contributed by atoms with van der Waals surface area (Å²) in [7, 11) is 8.37. The number of carbonyl (C=O) groups is 1. The number of rotatable bonds is 15. The predicted octanol–water partition coefficient (Wildman–Crippen LogP) is 4.79. The Labute approximate surface area is 213 Å². The summed E-state index contributed by atoms with van der Waals surface area (Å²) in [6, 6.07) is 11.2. The molecule has 0 fully saturated rings. The van der Waals surface area contributed by atoms with Crippen molar-refractivity contribution in [1.82, 2.24) is 4.90 Å². The highest BCUT2D eigenvalue weighted by Crippen LogP contribution is 2.42. The zero-order chi connectivity index (χ0) is 26.7. The minimum Gasteiger partial charge on any atom is -0.493 e. The number of ether oxygens (including phenoxy) is 4. The van der Waals surface area contributed by atoms with Gasteiger partial charge in [0, 0.05) is 6.54 Å². The van der Waals surface area contributed by atoms with Gasteiger partial charge in [-0.3, -0.25) is 4.84 Å². The molecule has 0 aliphatic carbocycles. The van der Waals surface area contributed by atoms with Crippen LogP contribution in [-0.2, 0) is 21.5 Å². The summed E-state index contributed by atoms with van der Waals surface area (Å²) >= 11 is 0. The molecule has 0 bridgehead atoms. The van der Waals surface area contributed by atoms with Crippen molar-refractivity contribution in [3.05, 3.63) is 52.4 Å². The van der Waals surface area contributed by atoms with E-state index in [1.807, 2.05) is 45.2 Å². The number of carbonyl (C=O) groups excluding carboxylic acids is 1. The first kappa shape index (κ1) is 28.9. The van der Waals surface area contributed by atoms with Crippen molar-refractivity contribution in [3.8, 4) is 23.0 Å². The third-order valence-electron chi connectivity index (χ3n) is 6.71. The predicted molar refractivity (Wildman–Crippen MR) is 138 cm³/mol. The summed E-state index contributed by atoms with van der Waals surface area (Å²) in [5.74, 6) is 1.62. The van der Waals surface area contributed by atoms with Crippen LogP contribution in [0.5, 0.6) is 23.0 Å². The van der Waals surface area contributed by atoms with Gasteiger partial charge in [0.2, 0.25) is 0 Å². The molecule has 0 amide bonds. The van der Waals surface area contributed by atoms with Gasteiger partial charge in [0.25, 0.3) is 0 Å². The van der Waals surface area contributed by atoms with Crippen LogP contribution in [0.2, 0.25) is 0 Å². The van der Waals surface area contributed by atoms with Crippen molar-refractivity contribution < 1.29 is 28.6 Å². The zero-order valence-corrected chi connectivity index (χ0v) is 22.3. The van der Waals surface area contributed by atoms with Crippen LogP contribution in [0.3, 0.4) is 0 Å². The SMILES string of the molecule is COc1ccc(CCN(C)CCCC(C(=O)ON=O)(c2ccc(OC)c(OC)c2)C(C)C)cc1OC. The maximum absolute atomic E-state index is 13.1. The van der Waals surface area contributed by atoms with E-state index in [0.717, 1.165) is 25.1 Å². The maximum atomic E-state index is 13.1. The van der Waals surface area contributed by atoms with E-state index in [0.29, 0.717) is 41.4 Å². The molecule has 2 aromatic carbocycles. The lowest BCUT2D eigenvalue weighted by Gasteiger charge is -2.35. The number of benzene rings is 2. The van der Waals surface area contributed by atoms with Crippen molar-refractivity contribution in [2.45, 2.75) is 38.5 Å². The van der Waals surface area contributed by atoms with Crippen LogP contribution in [0.1, 0.15) is 37.8 Å². The van der Waals surface area contributed by atoms with E-state index in [-0.39, 0.29) is 5.92 Å². The van der Waals surface area contributed by atoms with Crippen LogP contribution in [-0.4, -0.2) is 59.4 Å². The third kappa shape index (κ3) is 6.66. The van der Waals surface area contributed by atoms with Crippen molar-refractivity contribution in [2.75, 3.05) is 48.6 Å². The molecule has 198 valence electrons. The minimum atomic E-state index is -1.07. The van der Waals surface area contributed by atoms with E-state index in [9.17, 15) is 9.70 Å². The molecule has 0 N–H and O–H groups in total. The number of methoxy groups -OCH3 is 4. The van der Waals surface area contributed by atoms with E-state index in [4.69, 9.17) is 18.9 Å². The molecule has 0 aliphatic rings. The molecule has 0 aliphatic heterocycles. The van der Waals surface area contributed by atoms with Gasteiger partial charge in [-0.15, -0.1) is 4.91 Å². The van der Waals surface area contributed by atoms with Crippen LogP contribution in [0.15, 0.2) is 41.7 Å². The highest BCUT2D eigenvalue weighted by atomic mass is 16.7. The maximum Gasteiger partial charge on any atom is 0.349 e. The molecular formula is C27H38N2O7. The Morgan fingerprint density at radius 1 is 0.889 bits per heavy atom. The van der Waals surface area contributed by atoms with Crippen LogP contribution in [0, 0.1) is 10.8 Å². The molecule has 1 unspecified atom stereocenters. The fourth-order valence-corrected chi connectivity index (χ4v) is 4.55. The second-order valence-corrected chi connectivity index (χ2v) is 9.00. The molecule has 2 aromatic rings. The lowest BCUT2D eigenvalue weighted by molar-refractivity contribution is -0.153. The first-order valence-electron chi connectivity index (χ1n) is 11.9. The summed E-state index contributed by atoms with van der Waals surface area (Å²) in [6.45, 7) is 5.44. The fraction of sp³-hybridized carbons (Fsp3) is 0.519. The van der Waals surface area contributed by atoms with Gasteiger partial charge >= 0.3 is 5.97 Å². The van der Waals surface area contributed by atoms with Crippen molar-refractivity contribution in [3.63, 3.8) is 0 Å². The van der Waals surface area contributed by atoms with Gasteiger partial charge in [-0.05, 0) is 74.2 Å². The average molecular weight is 503 g/mol. The zero-order valence-electron chi connectivity index (χ0n) is 22.3. The highest BCUT2D eigenvalue weighted by Gasteiger charge is 2.45. The summed E-state index contributed by atoms with van der Waals surface area (Å²) in [4.78, 5) is 30.9. The van der Waals surface area contributed by atoms with E-state index in [1.165, 1.54) is 7.11 Å². The van der Waals surface area contributed by atoms with Crippen LogP contribution in [0.25, 0.3) is 0 Å². The Morgan fingerprint density at radius 2 is 1.47 bits per heavy atom. The van der Waals surface area contributed by atoms with E-state index >= 15 is 0 Å². The topological polar surface area (TPSA) is 95.9 Å². The normalized spacial score (nSPS) is 12.7. The quantitative estimate of drug-likeness (QED) is 0.253. The molecule has 36 heavy (non-hydrogen) atoms. The smallest absolute Gasteiger partial charge is 0.349 e. The lowest BCUT2D eigenvalue weighted by atomic mass is 9.68. The Balaban J connectivity index is 2.16. The molecule has 1 atom stereocenters. The Morgan fingerprint density at radius 3 is 2.03 bits per heavy atom. The molecule has 0 aromatic heterocycles. The summed E-state index contributed by atoms with van der Waals surface area (Å²) in [5, 5.41) is 2.43. The molecule has 0 saturated heterocycles. The van der Waals surface area contributed by atoms with Gasteiger partial charge in [-0.1, -0.05) is 26.0 Å². The molecular weight excluding hydrogens is 464 g/mol. The third-order valence-corrected chi connectivity index (χ3v) is 6.71. The standard InChI is InChI=1S/C27H38N2O7/c1-19(2)27(26(30)36-28-31,21-10-12-23(33-5)25(18-21)35-7)14-8-15-29(3)16-13-20-9-11-22(32-4)24(17-20)34-6/h9-12,17-19H,8,13-16H2,1-7H3. The average Bonchev–Trinajstić information content (AvgIpc) is 2.89. The Bertz CT molecular complexity index is 1010. The van der Waals surface area contributed by atoms with Gasteiger partial charge in [0.1, 0.15) is 0 Å². The van der Waals surface area contributed by atoms with E-state index in [1.54, 1.807) is 33.5 Å². The molecule has 9 nitrogen and oxygen atoms in total. The first-order valence-corrected chi connectivity index (χ1v) is 11.9. The highest BCUT2D eigenvalue weighted by molar-refractivity contribution is 5.84. The monoisotopic (exact) mass is 502 g/mol. The Hall–Kier alpha value is -3.33. The van der Waals surface area contributed by atoms with Crippen molar-refractivity contribution >= 4 is 5.97 Å². The van der Waals surface area contributed by atoms with Crippen LogP contribution < -0.4 is 18.9 Å². The van der Waals surface area contributed by atoms with Gasteiger partial charge in [-0.25, -0.2) is 4.79 Å². The second-order valence-electron chi connectivity index (χ2n) is 9.00. The number of likely N-dealkylation sites (N-methyl/N-ethyl adjacent to an activating group) is 1. The van der Waals surface area contributed by atoms with Crippen LogP contribution >= 0.6 is 0 Å². The summed E-state index contributed by atoms with van der Waals surface area (Å²) in [6.07, 6.45) is 2.00. The molecule has 0 heterocycles. The largest absolute Gasteiger partial charge is 0.493 e. The molecule has 0 radical (unpaired) electrons. The Kier molecular flexibility index (Phi) is 11.0. The fourth-order valence-electron chi connectivity index (χ4n) is 4.55. The second kappa shape index (κ2) is 13.7. The van der Waals surface area contributed by atoms with Crippen molar-refractivity contribution in [2.24, 2.45) is 11.3 Å². The summed E-state index contributed by atoms with van der Waals surface area (Å²) < 4.78 is 21.5. The number of nitrogens with zero attached hydrogens (tertiary/aromatic N) is 2. The molecule has 9 heteroatoms. The number of hydrogen-bond acceptors (Lipinski definition) is 9. The molecule has 2 rings (SSSR count). The first-order chi connectivity index (χ1) is 17.3. The minimum absolute atomic E-state index is 0.165. The van der Waals surface area contributed by atoms with Gasteiger partial charge in [0.05, 0.1) is 33.9 Å². The summed E-state index contributed by atoms with van der Waals surface area (Å²) in [5.41, 5.74) is 0.760. The van der Waals surface area contributed by atoms with Crippen molar-refractivity contribution in [1.29, 1.82) is 0 Å². The van der Waals surface area contributed by atoms with Crippen LogP contribution in [0.4, 0.5) is 0 Å². The van der Waals surface area contributed by atoms with Gasteiger partial charge in [0.15, 0.2) is 28.3 Å². The number of hydrogen-bond donors (Lipinski definition) is 0. The van der Waals surface area contributed by atoms with E-state index in [2.05, 4.69) is 15.1 Å². The van der Waals surface area contributed by atoms with Gasteiger partial charge in [-0.2, -0.15) is 0 Å². The lowest BCUT2D eigenvalue weighted by Crippen LogP contribution is -2.42.